The van der Waals surface area contributed by atoms with Gasteiger partial charge in [0.15, 0.2) is 0 Å². The molecule has 1 atom stereocenters. The summed E-state index contributed by atoms with van der Waals surface area (Å²) in [5.41, 5.74) is 0.240. The molecule has 1 amide bonds. The number of carboxylic acids is 1. The maximum atomic E-state index is 13.4. The van der Waals surface area contributed by atoms with Crippen molar-refractivity contribution >= 4 is 23.5 Å². The van der Waals surface area contributed by atoms with Crippen LogP contribution in [0, 0.1) is 5.92 Å². The summed E-state index contributed by atoms with van der Waals surface area (Å²) in [4.78, 5) is 26.4. The van der Waals surface area contributed by atoms with Crippen LogP contribution in [0.1, 0.15) is 31.2 Å². The van der Waals surface area contributed by atoms with Crippen LogP contribution in [0.25, 0.3) is 0 Å². The minimum absolute atomic E-state index is 0.0130. The Morgan fingerprint density at radius 2 is 2.04 bits per heavy atom. The smallest absolute Gasteiger partial charge is 0.308 e. The number of rotatable bonds is 3. The minimum atomic E-state index is -0.823. The number of amides is 1. The first-order chi connectivity index (χ1) is 11.5. The molecular weight excluding hydrogens is 330 g/mol. The van der Waals surface area contributed by atoms with E-state index in [1.54, 1.807) is 11.0 Å². The molecule has 24 heavy (non-hydrogen) atoms. The standard InChI is InChI=1S/C18H22ClNO4/c19-15-5-1-4-14(11-15)18(6-9-24-10-7-18)17(23)20-8-2-3-13(12-20)16(21)22/h1,4-5,11,13H,2-3,6-10,12H2,(H,21,22)/t13-/m0/s1. The lowest BCUT2D eigenvalue weighted by Gasteiger charge is -2.42. The van der Waals surface area contributed by atoms with Crippen molar-refractivity contribution in [2.75, 3.05) is 26.3 Å². The summed E-state index contributed by atoms with van der Waals surface area (Å²) in [6, 6.07) is 7.44. The Labute approximate surface area is 146 Å². The van der Waals surface area contributed by atoms with Gasteiger partial charge >= 0.3 is 5.97 Å². The van der Waals surface area contributed by atoms with Crippen molar-refractivity contribution in [2.24, 2.45) is 5.92 Å². The lowest BCUT2D eigenvalue weighted by molar-refractivity contribution is -0.149. The van der Waals surface area contributed by atoms with Crippen molar-refractivity contribution in [2.45, 2.75) is 31.1 Å². The first-order valence-corrected chi connectivity index (χ1v) is 8.77. The van der Waals surface area contributed by atoms with E-state index in [-0.39, 0.29) is 12.5 Å². The van der Waals surface area contributed by atoms with Crippen molar-refractivity contribution in [3.63, 3.8) is 0 Å². The maximum absolute atomic E-state index is 13.4. The van der Waals surface area contributed by atoms with Gasteiger partial charge in [-0.2, -0.15) is 0 Å². The zero-order valence-corrected chi connectivity index (χ0v) is 14.3. The number of piperidine rings is 1. The molecule has 1 N–H and O–H groups in total. The number of nitrogens with zero attached hydrogens (tertiary/aromatic N) is 1. The van der Waals surface area contributed by atoms with Crippen molar-refractivity contribution in [1.82, 2.24) is 4.90 Å². The molecule has 2 fully saturated rings. The Bertz CT molecular complexity index is 627. The topological polar surface area (TPSA) is 66.8 Å². The molecule has 2 aliphatic rings. The van der Waals surface area contributed by atoms with Crippen molar-refractivity contribution in [3.8, 4) is 0 Å². The zero-order valence-electron chi connectivity index (χ0n) is 13.5. The first kappa shape index (κ1) is 17.2. The number of aliphatic carboxylic acids is 1. The third-order valence-corrected chi connectivity index (χ3v) is 5.43. The number of benzene rings is 1. The van der Waals surface area contributed by atoms with E-state index >= 15 is 0 Å². The van der Waals surface area contributed by atoms with Crippen molar-refractivity contribution in [1.29, 1.82) is 0 Å². The first-order valence-electron chi connectivity index (χ1n) is 8.39. The summed E-state index contributed by atoms with van der Waals surface area (Å²) in [5, 5.41) is 9.90. The molecule has 3 rings (SSSR count). The number of carboxylic acid groups (broad SMARTS) is 1. The second-order valence-electron chi connectivity index (χ2n) is 6.63. The Morgan fingerprint density at radius 1 is 1.29 bits per heavy atom. The maximum Gasteiger partial charge on any atom is 0.308 e. The molecule has 0 radical (unpaired) electrons. The summed E-state index contributed by atoms with van der Waals surface area (Å²) >= 11 is 6.15. The monoisotopic (exact) mass is 351 g/mol. The highest BCUT2D eigenvalue weighted by Crippen LogP contribution is 2.38. The average molecular weight is 352 g/mol. The van der Waals surface area contributed by atoms with Gasteiger partial charge in [-0.1, -0.05) is 23.7 Å². The van der Waals surface area contributed by atoms with Crippen LogP contribution >= 0.6 is 11.6 Å². The Balaban J connectivity index is 1.91. The van der Waals surface area contributed by atoms with Crippen LogP contribution in [0.3, 0.4) is 0 Å². The minimum Gasteiger partial charge on any atom is -0.481 e. The SMILES string of the molecule is O=C(O)[C@H]1CCCN(C(=O)C2(c3cccc(Cl)c3)CCOCC2)C1. The van der Waals surface area contributed by atoms with E-state index in [0.29, 0.717) is 44.0 Å². The van der Waals surface area contributed by atoms with E-state index < -0.39 is 17.3 Å². The molecule has 0 unspecified atom stereocenters. The zero-order chi connectivity index (χ0) is 17.2. The van der Waals surface area contributed by atoms with Gasteiger partial charge in [0, 0.05) is 31.3 Å². The molecule has 0 spiro atoms. The predicted molar refractivity (Wildman–Crippen MR) is 90.1 cm³/mol. The normalized spacial score (nSPS) is 23.7. The van der Waals surface area contributed by atoms with Crippen LogP contribution in [-0.4, -0.2) is 48.2 Å². The van der Waals surface area contributed by atoms with Gasteiger partial charge in [-0.3, -0.25) is 9.59 Å². The molecule has 0 aromatic heterocycles. The Morgan fingerprint density at radius 3 is 2.71 bits per heavy atom. The third-order valence-electron chi connectivity index (χ3n) is 5.19. The second kappa shape index (κ2) is 7.11. The number of ether oxygens (including phenoxy) is 1. The van der Waals surface area contributed by atoms with E-state index in [4.69, 9.17) is 16.3 Å². The molecular formula is C18H22ClNO4. The molecule has 1 aromatic rings. The number of halogens is 1. The number of carbonyl (C=O) groups is 2. The largest absolute Gasteiger partial charge is 0.481 e. The Hall–Kier alpha value is -1.59. The van der Waals surface area contributed by atoms with E-state index in [1.165, 1.54) is 0 Å². The molecule has 0 bridgehead atoms. The van der Waals surface area contributed by atoms with E-state index in [1.807, 2.05) is 18.2 Å². The van der Waals surface area contributed by atoms with E-state index in [2.05, 4.69) is 0 Å². The summed E-state index contributed by atoms with van der Waals surface area (Å²) in [7, 11) is 0. The molecule has 0 saturated carbocycles. The van der Waals surface area contributed by atoms with Gasteiger partial charge in [0.2, 0.25) is 5.91 Å². The highest BCUT2D eigenvalue weighted by atomic mass is 35.5. The van der Waals surface area contributed by atoms with Crippen molar-refractivity contribution in [3.05, 3.63) is 34.9 Å². The molecule has 6 heteroatoms. The van der Waals surface area contributed by atoms with Crippen LogP contribution in [0.4, 0.5) is 0 Å². The van der Waals surface area contributed by atoms with Crippen LogP contribution < -0.4 is 0 Å². The molecule has 1 aromatic carbocycles. The number of hydrogen-bond acceptors (Lipinski definition) is 3. The highest BCUT2D eigenvalue weighted by molar-refractivity contribution is 6.30. The number of carbonyl (C=O) groups excluding carboxylic acids is 1. The van der Waals surface area contributed by atoms with Crippen LogP contribution in [-0.2, 0) is 19.7 Å². The molecule has 2 heterocycles. The molecule has 2 saturated heterocycles. The van der Waals surface area contributed by atoms with Gasteiger partial charge < -0.3 is 14.7 Å². The number of likely N-dealkylation sites (tertiary alicyclic amines) is 1. The lowest BCUT2D eigenvalue weighted by Crippen LogP contribution is -2.53. The summed E-state index contributed by atoms with van der Waals surface area (Å²) in [5.74, 6) is -1.28. The van der Waals surface area contributed by atoms with Crippen LogP contribution in [0.5, 0.6) is 0 Å². The summed E-state index contributed by atoms with van der Waals surface area (Å²) in [6.45, 7) is 1.95. The van der Waals surface area contributed by atoms with Crippen LogP contribution in [0.15, 0.2) is 24.3 Å². The van der Waals surface area contributed by atoms with Gasteiger partial charge in [-0.15, -0.1) is 0 Å². The summed E-state index contributed by atoms with van der Waals surface area (Å²) in [6.07, 6.45) is 2.55. The van der Waals surface area contributed by atoms with Gasteiger partial charge in [0.25, 0.3) is 0 Å². The second-order valence-corrected chi connectivity index (χ2v) is 7.07. The molecule has 0 aliphatic carbocycles. The van der Waals surface area contributed by atoms with Gasteiger partial charge in [0.05, 0.1) is 11.3 Å². The fraction of sp³-hybridized carbons (Fsp3) is 0.556. The van der Waals surface area contributed by atoms with Crippen LogP contribution in [0.2, 0.25) is 5.02 Å². The summed E-state index contributed by atoms with van der Waals surface area (Å²) < 4.78 is 5.48. The highest BCUT2D eigenvalue weighted by Gasteiger charge is 2.45. The number of hydrogen-bond donors (Lipinski definition) is 1. The quantitative estimate of drug-likeness (QED) is 0.909. The predicted octanol–water partition coefficient (Wildman–Crippen LogP) is 2.71. The lowest BCUT2D eigenvalue weighted by atomic mass is 9.72. The van der Waals surface area contributed by atoms with E-state index in [9.17, 15) is 14.7 Å². The molecule has 5 nitrogen and oxygen atoms in total. The van der Waals surface area contributed by atoms with Gasteiger partial charge in [-0.05, 0) is 43.4 Å². The molecule has 130 valence electrons. The Kier molecular flexibility index (Phi) is 5.11. The van der Waals surface area contributed by atoms with Gasteiger partial charge in [-0.25, -0.2) is 0 Å². The fourth-order valence-corrected chi connectivity index (χ4v) is 3.99. The average Bonchev–Trinajstić information content (AvgIpc) is 2.61. The van der Waals surface area contributed by atoms with E-state index in [0.717, 1.165) is 12.0 Å². The third kappa shape index (κ3) is 3.28. The van der Waals surface area contributed by atoms with Crippen molar-refractivity contribution < 1.29 is 19.4 Å². The molecule has 2 aliphatic heterocycles. The van der Waals surface area contributed by atoms with Gasteiger partial charge in [0.1, 0.15) is 0 Å². The fourth-order valence-electron chi connectivity index (χ4n) is 3.80.